The van der Waals surface area contributed by atoms with E-state index in [0.717, 1.165) is 5.56 Å². The minimum atomic E-state index is -0.936. The van der Waals surface area contributed by atoms with Crippen LogP contribution in [0.15, 0.2) is 48.5 Å². The van der Waals surface area contributed by atoms with Crippen molar-refractivity contribution in [3.8, 4) is 0 Å². The van der Waals surface area contributed by atoms with E-state index in [0.29, 0.717) is 17.7 Å². The molecule has 1 saturated heterocycles. The van der Waals surface area contributed by atoms with Crippen molar-refractivity contribution >= 4 is 17.6 Å². The zero-order chi connectivity index (χ0) is 18.8. The number of carbonyl (C=O) groups excluding carboxylic acids is 1. The molecule has 26 heavy (non-hydrogen) atoms. The maximum atomic E-state index is 12.8. The zero-order valence-corrected chi connectivity index (χ0v) is 14.2. The Morgan fingerprint density at radius 2 is 1.85 bits per heavy atom. The largest absolute Gasteiger partial charge is 0.481 e. The van der Waals surface area contributed by atoms with Gasteiger partial charge in [-0.05, 0) is 24.6 Å². The van der Waals surface area contributed by atoms with Gasteiger partial charge in [0.2, 0.25) is 0 Å². The summed E-state index contributed by atoms with van der Waals surface area (Å²) in [7, 11) is 0. The number of hydrogen-bond acceptors (Lipinski definition) is 4. The van der Waals surface area contributed by atoms with Gasteiger partial charge in [-0.3, -0.25) is 19.7 Å². The highest BCUT2D eigenvalue weighted by atomic mass is 16.6. The van der Waals surface area contributed by atoms with Crippen LogP contribution in [0.4, 0.5) is 5.69 Å². The molecule has 0 radical (unpaired) electrons. The first-order valence-electron chi connectivity index (χ1n) is 8.20. The fraction of sp³-hybridized carbons (Fsp3) is 0.263. The van der Waals surface area contributed by atoms with Gasteiger partial charge in [-0.1, -0.05) is 30.3 Å². The van der Waals surface area contributed by atoms with E-state index in [1.54, 1.807) is 6.92 Å². The van der Waals surface area contributed by atoms with E-state index in [4.69, 9.17) is 0 Å². The Labute approximate surface area is 150 Å². The molecule has 0 saturated carbocycles. The zero-order valence-electron chi connectivity index (χ0n) is 14.2. The average molecular weight is 354 g/mol. The first kappa shape index (κ1) is 17.6. The highest BCUT2D eigenvalue weighted by Gasteiger charge is 2.40. The molecular weight excluding hydrogens is 336 g/mol. The Balaban J connectivity index is 1.86. The molecule has 1 aliphatic rings. The number of aryl methyl sites for hydroxylation is 1. The maximum absolute atomic E-state index is 12.8. The normalized spacial score (nSPS) is 19.3. The summed E-state index contributed by atoms with van der Waals surface area (Å²) >= 11 is 0. The van der Waals surface area contributed by atoms with Gasteiger partial charge in [0.25, 0.3) is 11.6 Å². The number of hydrogen-bond donors (Lipinski definition) is 1. The highest BCUT2D eigenvalue weighted by Crippen LogP contribution is 2.34. The van der Waals surface area contributed by atoms with Crippen molar-refractivity contribution in [3.05, 3.63) is 75.3 Å². The summed E-state index contributed by atoms with van der Waals surface area (Å²) in [5.74, 6) is -2.21. The molecule has 7 nitrogen and oxygen atoms in total. The van der Waals surface area contributed by atoms with Crippen molar-refractivity contribution in [3.63, 3.8) is 0 Å². The quantitative estimate of drug-likeness (QED) is 0.672. The Kier molecular flexibility index (Phi) is 4.71. The number of carboxylic acid groups (broad SMARTS) is 1. The summed E-state index contributed by atoms with van der Waals surface area (Å²) in [6, 6.07) is 13.5. The standard InChI is InChI=1S/C19H18N2O5/c1-12-9-14(7-8-17(12)21(25)26)18(22)20-10-15(16(11-20)19(23)24)13-5-3-2-4-6-13/h2-9,15-16H,10-11H2,1H3,(H,23,24)/t15-,16-/m0/s1. The van der Waals surface area contributed by atoms with E-state index >= 15 is 0 Å². The molecule has 1 aliphatic heterocycles. The molecule has 2 aromatic carbocycles. The number of aliphatic carboxylic acids is 1. The first-order chi connectivity index (χ1) is 12.4. The predicted molar refractivity (Wildman–Crippen MR) is 94.0 cm³/mol. The molecule has 1 N–H and O–H groups in total. The minimum absolute atomic E-state index is 0.0476. The van der Waals surface area contributed by atoms with Crippen LogP contribution in [0.5, 0.6) is 0 Å². The fourth-order valence-corrected chi connectivity index (χ4v) is 3.43. The average Bonchev–Trinajstić information content (AvgIpc) is 3.07. The molecule has 7 heteroatoms. The number of nitrogens with zero attached hydrogens (tertiary/aromatic N) is 2. The molecule has 1 heterocycles. The van der Waals surface area contributed by atoms with Crippen molar-refractivity contribution in [2.24, 2.45) is 5.92 Å². The smallest absolute Gasteiger partial charge is 0.308 e. The third kappa shape index (κ3) is 3.28. The molecule has 0 unspecified atom stereocenters. The molecule has 0 spiro atoms. The summed E-state index contributed by atoms with van der Waals surface area (Å²) < 4.78 is 0. The molecule has 1 amide bonds. The van der Waals surface area contributed by atoms with Gasteiger partial charge in [0.1, 0.15) is 0 Å². The van der Waals surface area contributed by atoms with Crippen LogP contribution in [0, 0.1) is 23.0 Å². The Bertz CT molecular complexity index is 865. The van der Waals surface area contributed by atoms with Gasteiger partial charge in [-0.25, -0.2) is 0 Å². The number of nitro benzene ring substituents is 1. The van der Waals surface area contributed by atoms with Crippen LogP contribution < -0.4 is 0 Å². The molecule has 3 rings (SSSR count). The number of rotatable bonds is 4. The summed E-state index contributed by atoms with van der Waals surface area (Å²) in [5.41, 5.74) is 1.56. The lowest BCUT2D eigenvalue weighted by Crippen LogP contribution is -2.30. The van der Waals surface area contributed by atoms with Crippen LogP contribution in [0.3, 0.4) is 0 Å². The number of benzene rings is 2. The van der Waals surface area contributed by atoms with Crippen molar-refractivity contribution in [1.29, 1.82) is 0 Å². The van der Waals surface area contributed by atoms with E-state index in [1.165, 1.54) is 23.1 Å². The fourth-order valence-electron chi connectivity index (χ4n) is 3.43. The van der Waals surface area contributed by atoms with Gasteiger partial charge in [0.15, 0.2) is 0 Å². The third-order valence-electron chi connectivity index (χ3n) is 4.79. The molecule has 1 fully saturated rings. The Morgan fingerprint density at radius 1 is 1.15 bits per heavy atom. The first-order valence-corrected chi connectivity index (χ1v) is 8.20. The second-order valence-corrected chi connectivity index (χ2v) is 6.43. The van der Waals surface area contributed by atoms with E-state index in [9.17, 15) is 24.8 Å². The summed E-state index contributed by atoms with van der Waals surface area (Å²) in [6.45, 7) is 1.99. The number of carboxylic acids is 1. The number of nitro groups is 1. The molecular formula is C19H18N2O5. The van der Waals surface area contributed by atoms with Crippen LogP contribution in [0.25, 0.3) is 0 Å². The topological polar surface area (TPSA) is 101 Å². The number of likely N-dealkylation sites (tertiary alicyclic amines) is 1. The van der Waals surface area contributed by atoms with Crippen LogP contribution >= 0.6 is 0 Å². The molecule has 2 aromatic rings. The van der Waals surface area contributed by atoms with E-state index in [-0.39, 0.29) is 24.1 Å². The highest BCUT2D eigenvalue weighted by molar-refractivity contribution is 5.95. The third-order valence-corrected chi connectivity index (χ3v) is 4.79. The second-order valence-electron chi connectivity index (χ2n) is 6.43. The minimum Gasteiger partial charge on any atom is -0.481 e. The predicted octanol–water partition coefficient (Wildman–Crippen LogP) is 2.84. The molecule has 0 bridgehead atoms. The van der Waals surface area contributed by atoms with Crippen molar-refractivity contribution < 1.29 is 19.6 Å². The summed E-state index contributed by atoms with van der Waals surface area (Å²) in [6.07, 6.45) is 0. The monoisotopic (exact) mass is 354 g/mol. The maximum Gasteiger partial charge on any atom is 0.308 e. The van der Waals surface area contributed by atoms with Crippen LogP contribution in [0.2, 0.25) is 0 Å². The van der Waals surface area contributed by atoms with Crippen LogP contribution in [-0.4, -0.2) is 39.9 Å². The lowest BCUT2D eigenvalue weighted by Gasteiger charge is -2.17. The molecule has 2 atom stereocenters. The van der Waals surface area contributed by atoms with E-state index < -0.39 is 16.8 Å². The lowest BCUT2D eigenvalue weighted by atomic mass is 9.89. The van der Waals surface area contributed by atoms with Gasteiger partial charge in [0, 0.05) is 36.2 Å². The van der Waals surface area contributed by atoms with Gasteiger partial charge in [-0.2, -0.15) is 0 Å². The van der Waals surface area contributed by atoms with Gasteiger partial charge in [-0.15, -0.1) is 0 Å². The SMILES string of the molecule is Cc1cc(C(=O)N2C[C@H](C(=O)O)[C@H](c3ccccc3)C2)ccc1[N+](=O)[O-]. The molecule has 0 aliphatic carbocycles. The summed E-state index contributed by atoms with van der Waals surface area (Å²) in [4.78, 5) is 36.4. The van der Waals surface area contributed by atoms with Crippen LogP contribution in [-0.2, 0) is 4.79 Å². The van der Waals surface area contributed by atoms with Gasteiger partial charge < -0.3 is 10.0 Å². The summed E-state index contributed by atoms with van der Waals surface area (Å²) in [5, 5.41) is 20.5. The van der Waals surface area contributed by atoms with Crippen molar-refractivity contribution in [1.82, 2.24) is 4.90 Å². The molecule has 134 valence electrons. The molecule has 0 aromatic heterocycles. The lowest BCUT2D eigenvalue weighted by molar-refractivity contribution is -0.385. The Hall–Kier alpha value is -3.22. The van der Waals surface area contributed by atoms with Crippen molar-refractivity contribution in [2.75, 3.05) is 13.1 Å². The van der Waals surface area contributed by atoms with Crippen molar-refractivity contribution in [2.45, 2.75) is 12.8 Å². The second kappa shape index (κ2) is 6.95. The Morgan fingerprint density at radius 3 is 2.42 bits per heavy atom. The number of amides is 1. The van der Waals surface area contributed by atoms with Crippen LogP contribution in [0.1, 0.15) is 27.4 Å². The van der Waals surface area contributed by atoms with Gasteiger partial charge >= 0.3 is 5.97 Å². The van der Waals surface area contributed by atoms with E-state index in [1.807, 2.05) is 30.3 Å². The van der Waals surface area contributed by atoms with Gasteiger partial charge in [0.05, 0.1) is 10.8 Å². The number of carbonyl (C=O) groups is 2. The van der Waals surface area contributed by atoms with E-state index in [2.05, 4.69) is 0 Å².